The van der Waals surface area contributed by atoms with Crippen LogP contribution in [0.1, 0.15) is 5.56 Å². The summed E-state index contributed by atoms with van der Waals surface area (Å²) in [5, 5.41) is 3.83. The lowest BCUT2D eigenvalue weighted by molar-refractivity contribution is -0.118. The Balaban J connectivity index is 2.00. The predicted octanol–water partition coefficient (Wildman–Crippen LogP) is 3.74. The third kappa shape index (κ3) is 5.11. The number of carbonyl (C=O) groups is 1. The molecule has 0 aliphatic carbocycles. The molecular weight excluding hydrogens is 381 g/mol. The molecule has 23 heavy (non-hydrogen) atoms. The van der Waals surface area contributed by atoms with Gasteiger partial charge in [-0.2, -0.15) is 0 Å². The maximum Gasteiger partial charge on any atom is 0.235 e. The second-order valence-electron chi connectivity index (χ2n) is 4.73. The van der Waals surface area contributed by atoms with Crippen LogP contribution in [0, 0.1) is 0 Å². The van der Waals surface area contributed by atoms with Crippen molar-refractivity contribution in [2.24, 2.45) is 0 Å². The van der Waals surface area contributed by atoms with E-state index in [1.165, 1.54) is 24.3 Å². The Morgan fingerprint density at radius 3 is 2.17 bits per heavy atom. The summed E-state index contributed by atoms with van der Waals surface area (Å²) in [5.74, 6) is -1.27. The topological polar surface area (TPSA) is 63.2 Å². The third-order valence-corrected chi connectivity index (χ3v) is 5.46. The molecule has 0 unspecified atom stereocenters. The SMILES string of the molecule is O=C(CS(=O)(=O)c1ccc(Cl)cc1)NCc1ccc(Cl)cc1Cl. The number of benzene rings is 2. The molecule has 1 N–H and O–H groups in total. The zero-order valence-electron chi connectivity index (χ0n) is 11.7. The van der Waals surface area contributed by atoms with Gasteiger partial charge in [0.15, 0.2) is 9.84 Å². The van der Waals surface area contributed by atoms with Gasteiger partial charge in [0.2, 0.25) is 5.91 Å². The highest BCUT2D eigenvalue weighted by molar-refractivity contribution is 7.92. The molecule has 0 saturated heterocycles. The second-order valence-corrected chi connectivity index (χ2v) is 8.00. The van der Waals surface area contributed by atoms with Crippen LogP contribution in [-0.4, -0.2) is 20.1 Å². The van der Waals surface area contributed by atoms with Crippen LogP contribution in [0.5, 0.6) is 0 Å². The summed E-state index contributed by atoms with van der Waals surface area (Å²) in [6.45, 7) is 0.116. The highest BCUT2D eigenvalue weighted by atomic mass is 35.5. The first-order valence-electron chi connectivity index (χ1n) is 6.47. The molecule has 0 saturated carbocycles. The molecule has 0 aromatic heterocycles. The summed E-state index contributed by atoms with van der Waals surface area (Å²) in [6, 6.07) is 10.5. The fraction of sp³-hybridized carbons (Fsp3) is 0.133. The Morgan fingerprint density at radius 1 is 0.957 bits per heavy atom. The lowest BCUT2D eigenvalue weighted by Gasteiger charge is -2.08. The van der Waals surface area contributed by atoms with Gasteiger partial charge in [0.05, 0.1) is 4.90 Å². The van der Waals surface area contributed by atoms with Crippen molar-refractivity contribution in [3.63, 3.8) is 0 Å². The van der Waals surface area contributed by atoms with Gasteiger partial charge in [-0.25, -0.2) is 8.42 Å². The summed E-state index contributed by atoms with van der Waals surface area (Å²) in [4.78, 5) is 11.9. The van der Waals surface area contributed by atoms with E-state index >= 15 is 0 Å². The van der Waals surface area contributed by atoms with Gasteiger partial charge in [0.1, 0.15) is 5.75 Å². The number of hydrogen-bond donors (Lipinski definition) is 1. The second kappa shape index (κ2) is 7.53. The highest BCUT2D eigenvalue weighted by Crippen LogP contribution is 2.21. The fourth-order valence-electron chi connectivity index (χ4n) is 1.81. The first kappa shape index (κ1) is 18.1. The van der Waals surface area contributed by atoms with Crippen molar-refractivity contribution in [3.05, 3.63) is 63.1 Å². The van der Waals surface area contributed by atoms with Crippen LogP contribution in [0.3, 0.4) is 0 Å². The van der Waals surface area contributed by atoms with Gasteiger partial charge in [0.25, 0.3) is 0 Å². The Bertz CT molecular complexity index is 820. The Labute approximate surface area is 149 Å². The molecule has 4 nitrogen and oxygen atoms in total. The lowest BCUT2D eigenvalue weighted by atomic mass is 10.2. The van der Waals surface area contributed by atoms with Crippen LogP contribution in [0.4, 0.5) is 0 Å². The Kier molecular flexibility index (Phi) is 5.92. The summed E-state index contributed by atoms with van der Waals surface area (Å²) < 4.78 is 24.3. The van der Waals surface area contributed by atoms with Crippen LogP contribution in [0.2, 0.25) is 15.1 Å². The average molecular weight is 393 g/mol. The zero-order valence-corrected chi connectivity index (χ0v) is 14.8. The van der Waals surface area contributed by atoms with Crippen molar-refractivity contribution in [2.75, 3.05) is 5.75 Å². The number of nitrogens with one attached hydrogen (secondary N) is 1. The predicted molar refractivity (Wildman–Crippen MR) is 91.8 cm³/mol. The molecule has 0 atom stereocenters. The van der Waals surface area contributed by atoms with Gasteiger partial charge in [-0.1, -0.05) is 40.9 Å². The van der Waals surface area contributed by atoms with Crippen molar-refractivity contribution >= 4 is 50.5 Å². The fourth-order valence-corrected chi connectivity index (χ4v) is 3.57. The molecule has 0 bridgehead atoms. The van der Waals surface area contributed by atoms with Crippen LogP contribution in [0.15, 0.2) is 47.4 Å². The first-order valence-corrected chi connectivity index (χ1v) is 9.25. The molecule has 0 fully saturated rings. The summed E-state index contributed by atoms with van der Waals surface area (Å²) in [6.07, 6.45) is 0. The van der Waals surface area contributed by atoms with E-state index < -0.39 is 21.5 Å². The average Bonchev–Trinajstić information content (AvgIpc) is 2.46. The quantitative estimate of drug-likeness (QED) is 0.843. The summed E-state index contributed by atoms with van der Waals surface area (Å²) >= 11 is 17.5. The van der Waals surface area contributed by atoms with E-state index in [4.69, 9.17) is 34.8 Å². The summed E-state index contributed by atoms with van der Waals surface area (Å²) in [7, 11) is -3.72. The third-order valence-electron chi connectivity index (χ3n) is 2.98. The zero-order chi connectivity index (χ0) is 17.0. The molecular formula is C15H12Cl3NO3S. The molecule has 0 aliphatic heterocycles. The minimum absolute atomic E-state index is 0.0431. The van der Waals surface area contributed by atoms with Crippen LogP contribution < -0.4 is 5.32 Å². The number of sulfone groups is 1. The van der Waals surface area contributed by atoms with Crippen molar-refractivity contribution in [1.82, 2.24) is 5.32 Å². The number of amides is 1. The molecule has 0 aliphatic rings. The highest BCUT2D eigenvalue weighted by Gasteiger charge is 2.19. The van der Waals surface area contributed by atoms with E-state index in [9.17, 15) is 13.2 Å². The minimum atomic E-state index is -3.72. The molecule has 1 amide bonds. The largest absolute Gasteiger partial charge is 0.351 e. The van der Waals surface area contributed by atoms with Gasteiger partial charge in [-0.3, -0.25) is 4.79 Å². The molecule has 122 valence electrons. The van der Waals surface area contributed by atoms with E-state index in [1.807, 2.05) is 0 Å². The molecule has 2 aromatic rings. The van der Waals surface area contributed by atoms with Crippen LogP contribution >= 0.6 is 34.8 Å². The lowest BCUT2D eigenvalue weighted by Crippen LogP contribution is -2.30. The van der Waals surface area contributed by atoms with Gasteiger partial charge >= 0.3 is 0 Å². The normalized spacial score (nSPS) is 11.3. The molecule has 0 spiro atoms. The Hall–Kier alpha value is -1.27. The van der Waals surface area contributed by atoms with Crippen LogP contribution in [-0.2, 0) is 21.2 Å². The maximum atomic E-state index is 12.1. The number of rotatable bonds is 5. The monoisotopic (exact) mass is 391 g/mol. The summed E-state index contributed by atoms with van der Waals surface area (Å²) in [5.41, 5.74) is 0.647. The molecule has 8 heteroatoms. The van der Waals surface area contributed by atoms with Crippen molar-refractivity contribution in [2.45, 2.75) is 11.4 Å². The van der Waals surface area contributed by atoms with E-state index in [0.29, 0.717) is 20.6 Å². The molecule has 2 aromatic carbocycles. The minimum Gasteiger partial charge on any atom is -0.351 e. The van der Waals surface area contributed by atoms with Gasteiger partial charge in [-0.05, 0) is 42.0 Å². The van der Waals surface area contributed by atoms with Gasteiger partial charge in [0, 0.05) is 21.6 Å². The van der Waals surface area contributed by atoms with E-state index in [1.54, 1.807) is 18.2 Å². The van der Waals surface area contributed by atoms with Crippen molar-refractivity contribution in [3.8, 4) is 0 Å². The van der Waals surface area contributed by atoms with E-state index in [2.05, 4.69) is 5.32 Å². The van der Waals surface area contributed by atoms with E-state index in [0.717, 1.165) is 0 Å². The number of carbonyl (C=O) groups excluding carboxylic acids is 1. The van der Waals surface area contributed by atoms with Crippen molar-refractivity contribution < 1.29 is 13.2 Å². The number of halogens is 3. The maximum absolute atomic E-state index is 12.1. The molecule has 0 radical (unpaired) electrons. The van der Waals surface area contributed by atoms with Gasteiger partial charge < -0.3 is 5.32 Å². The van der Waals surface area contributed by atoms with Crippen molar-refractivity contribution in [1.29, 1.82) is 0 Å². The first-order chi connectivity index (χ1) is 10.8. The smallest absolute Gasteiger partial charge is 0.235 e. The molecule has 2 rings (SSSR count). The van der Waals surface area contributed by atoms with Gasteiger partial charge in [-0.15, -0.1) is 0 Å². The standard InChI is InChI=1S/C15H12Cl3NO3S/c16-11-3-5-13(6-4-11)23(21,22)9-15(20)19-8-10-1-2-12(17)7-14(10)18/h1-7H,8-9H2,(H,19,20). The Morgan fingerprint density at radius 2 is 1.57 bits per heavy atom. The number of hydrogen-bond acceptors (Lipinski definition) is 3. The van der Waals surface area contributed by atoms with E-state index in [-0.39, 0.29) is 11.4 Å². The van der Waals surface area contributed by atoms with Crippen LogP contribution in [0.25, 0.3) is 0 Å². The molecule has 0 heterocycles.